The lowest BCUT2D eigenvalue weighted by atomic mass is 10.0. The molecule has 1 unspecified atom stereocenters. The van der Waals surface area contributed by atoms with Gasteiger partial charge in [0, 0.05) is 12.1 Å². The first kappa shape index (κ1) is 25.2. The second-order valence-corrected chi connectivity index (χ2v) is 8.34. The standard InChI is InChI=1S/C27H25N3O7/c1-15(17-6-10-20(23(31)13-17)26(34)37-3)30-25(33)21-12-18(7-11-22(21)29-27(30)35)24(32)28-14-16-4-8-19(36-2)9-5-16/h4-13,15,31H,14H2,1-3H3,(H,28,32)(H,29,35). The summed E-state index contributed by atoms with van der Waals surface area (Å²) in [5, 5.41) is 13.2. The minimum atomic E-state index is -0.786. The van der Waals surface area contributed by atoms with E-state index in [-0.39, 0.29) is 40.2 Å². The van der Waals surface area contributed by atoms with Crippen molar-refractivity contribution in [1.82, 2.24) is 14.9 Å². The van der Waals surface area contributed by atoms with Gasteiger partial charge < -0.3 is 24.9 Å². The quantitative estimate of drug-likeness (QED) is 0.330. The molecule has 1 amide bonds. The second kappa shape index (κ2) is 10.4. The van der Waals surface area contributed by atoms with Gasteiger partial charge in [0.15, 0.2) is 0 Å². The zero-order chi connectivity index (χ0) is 26.7. The summed E-state index contributed by atoms with van der Waals surface area (Å²) in [6, 6.07) is 15.1. The van der Waals surface area contributed by atoms with Gasteiger partial charge in [-0.05, 0) is 60.5 Å². The van der Waals surface area contributed by atoms with Crippen molar-refractivity contribution in [2.75, 3.05) is 14.2 Å². The molecule has 4 aromatic rings. The Bertz CT molecular complexity index is 1600. The number of methoxy groups -OCH3 is 2. The van der Waals surface area contributed by atoms with Crippen LogP contribution in [0.5, 0.6) is 11.5 Å². The number of hydrogen-bond acceptors (Lipinski definition) is 7. The highest BCUT2D eigenvalue weighted by molar-refractivity contribution is 5.97. The van der Waals surface area contributed by atoms with Gasteiger partial charge in [0.25, 0.3) is 11.5 Å². The van der Waals surface area contributed by atoms with E-state index >= 15 is 0 Å². The fraction of sp³-hybridized carbons (Fsp3) is 0.185. The molecule has 0 radical (unpaired) electrons. The van der Waals surface area contributed by atoms with Crippen LogP contribution in [0.15, 0.2) is 70.3 Å². The number of nitrogens with zero attached hydrogens (tertiary/aromatic N) is 1. The van der Waals surface area contributed by atoms with Crippen LogP contribution in [0.25, 0.3) is 10.9 Å². The van der Waals surface area contributed by atoms with Gasteiger partial charge in [0.2, 0.25) is 0 Å². The number of phenolic OH excluding ortho intramolecular Hbond substituents is 1. The van der Waals surface area contributed by atoms with Gasteiger partial charge in [-0.3, -0.25) is 14.2 Å². The molecule has 3 N–H and O–H groups in total. The SMILES string of the molecule is COC(=O)c1ccc(C(C)n2c(=O)[nH]c3ccc(C(=O)NCc4ccc(OC)cc4)cc3c2=O)cc1O. The number of H-pyrrole nitrogens is 1. The topological polar surface area (TPSA) is 140 Å². The molecule has 0 fully saturated rings. The minimum absolute atomic E-state index is 0.0384. The highest BCUT2D eigenvalue weighted by atomic mass is 16.5. The Morgan fingerprint density at radius 1 is 1.03 bits per heavy atom. The Morgan fingerprint density at radius 2 is 1.76 bits per heavy atom. The van der Waals surface area contributed by atoms with Crippen molar-refractivity contribution in [3.8, 4) is 11.5 Å². The van der Waals surface area contributed by atoms with Gasteiger partial charge in [0.05, 0.1) is 31.2 Å². The number of carbonyl (C=O) groups excluding carboxylic acids is 2. The Labute approximate surface area is 211 Å². The van der Waals surface area contributed by atoms with Crippen LogP contribution in [0.4, 0.5) is 0 Å². The summed E-state index contributed by atoms with van der Waals surface area (Å²) in [6.07, 6.45) is 0. The number of aromatic nitrogens is 2. The zero-order valence-corrected chi connectivity index (χ0v) is 20.4. The summed E-state index contributed by atoms with van der Waals surface area (Å²) in [5.41, 5.74) is 0.537. The first-order valence-corrected chi connectivity index (χ1v) is 11.3. The third-order valence-electron chi connectivity index (χ3n) is 6.10. The van der Waals surface area contributed by atoms with E-state index in [0.29, 0.717) is 11.3 Å². The number of amides is 1. The van der Waals surface area contributed by atoms with Crippen molar-refractivity contribution < 1.29 is 24.2 Å². The maximum absolute atomic E-state index is 13.3. The van der Waals surface area contributed by atoms with Crippen LogP contribution in [0, 0.1) is 0 Å². The average Bonchev–Trinajstić information content (AvgIpc) is 2.91. The van der Waals surface area contributed by atoms with Gasteiger partial charge in [-0.1, -0.05) is 18.2 Å². The number of benzene rings is 3. The summed E-state index contributed by atoms with van der Waals surface area (Å²) in [5.74, 6) is -0.725. The average molecular weight is 504 g/mol. The van der Waals surface area contributed by atoms with Crippen LogP contribution >= 0.6 is 0 Å². The van der Waals surface area contributed by atoms with E-state index in [2.05, 4.69) is 15.0 Å². The van der Waals surface area contributed by atoms with E-state index in [9.17, 15) is 24.3 Å². The number of carbonyl (C=O) groups is 2. The lowest BCUT2D eigenvalue weighted by Gasteiger charge is -2.16. The molecule has 1 aromatic heterocycles. The molecule has 1 atom stereocenters. The molecule has 0 spiro atoms. The second-order valence-electron chi connectivity index (χ2n) is 8.34. The molecule has 4 rings (SSSR count). The third-order valence-corrected chi connectivity index (χ3v) is 6.10. The van der Waals surface area contributed by atoms with Crippen molar-refractivity contribution in [3.63, 3.8) is 0 Å². The van der Waals surface area contributed by atoms with Gasteiger partial charge in [-0.2, -0.15) is 0 Å². The molecule has 190 valence electrons. The lowest BCUT2D eigenvalue weighted by Crippen LogP contribution is -2.37. The molecule has 0 aliphatic heterocycles. The van der Waals surface area contributed by atoms with Gasteiger partial charge in [0.1, 0.15) is 17.1 Å². The molecule has 0 aliphatic carbocycles. The molecular weight excluding hydrogens is 478 g/mol. The normalized spacial score (nSPS) is 11.6. The van der Waals surface area contributed by atoms with Crippen molar-refractivity contribution in [2.24, 2.45) is 0 Å². The Kier molecular flexibility index (Phi) is 7.10. The molecule has 0 saturated heterocycles. The van der Waals surface area contributed by atoms with Crippen LogP contribution < -0.4 is 21.3 Å². The summed E-state index contributed by atoms with van der Waals surface area (Å²) < 4.78 is 10.7. The molecule has 0 saturated carbocycles. The number of ether oxygens (including phenoxy) is 2. The van der Waals surface area contributed by atoms with Gasteiger partial charge in [-0.25, -0.2) is 9.59 Å². The van der Waals surface area contributed by atoms with E-state index in [1.807, 2.05) is 12.1 Å². The number of fused-ring (bicyclic) bond motifs is 1. The first-order valence-electron chi connectivity index (χ1n) is 11.3. The number of aromatic hydroxyl groups is 1. The summed E-state index contributed by atoms with van der Waals surface area (Å²) >= 11 is 0. The van der Waals surface area contributed by atoms with Crippen LogP contribution in [0.3, 0.4) is 0 Å². The van der Waals surface area contributed by atoms with E-state index in [4.69, 9.17) is 4.74 Å². The Balaban J connectivity index is 1.64. The maximum atomic E-state index is 13.3. The van der Waals surface area contributed by atoms with E-state index in [1.165, 1.54) is 43.5 Å². The maximum Gasteiger partial charge on any atom is 0.341 e. The van der Waals surface area contributed by atoms with Gasteiger partial charge >= 0.3 is 11.7 Å². The number of nitrogens with one attached hydrogen (secondary N) is 2. The fourth-order valence-corrected chi connectivity index (χ4v) is 3.99. The largest absolute Gasteiger partial charge is 0.507 e. The Morgan fingerprint density at radius 3 is 2.41 bits per heavy atom. The fourth-order valence-electron chi connectivity index (χ4n) is 3.99. The van der Waals surface area contributed by atoms with E-state index in [0.717, 1.165) is 10.1 Å². The highest BCUT2D eigenvalue weighted by Crippen LogP contribution is 2.25. The van der Waals surface area contributed by atoms with Crippen LogP contribution in [-0.2, 0) is 11.3 Å². The van der Waals surface area contributed by atoms with Gasteiger partial charge in [-0.15, -0.1) is 0 Å². The van der Waals surface area contributed by atoms with Crippen molar-refractivity contribution in [2.45, 2.75) is 19.5 Å². The summed E-state index contributed by atoms with van der Waals surface area (Å²) in [4.78, 5) is 53.3. The number of hydrogen-bond donors (Lipinski definition) is 3. The molecule has 37 heavy (non-hydrogen) atoms. The smallest absolute Gasteiger partial charge is 0.341 e. The van der Waals surface area contributed by atoms with Crippen molar-refractivity contribution in [3.05, 3.63) is 104 Å². The van der Waals surface area contributed by atoms with Crippen LogP contribution in [-0.4, -0.2) is 40.8 Å². The Hall–Kier alpha value is -4.86. The minimum Gasteiger partial charge on any atom is -0.507 e. The van der Waals surface area contributed by atoms with E-state index in [1.54, 1.807) is 26.2 Å². The number of rotatable bonds is 7. The molecule has 0 bridgehead atoms. The number of esters is 1. The van der Waals surface area contributed by atoms with E-state index < -0.39 is 23.3 Å². The number of phenols is 1. The van der Waals surface area contributed by atoms with Crippen LogP contribution in [0.1, 0.15) is 44.8 Å². The lowest BCUT2D eigenvalue weighted by molar-refractivity contribution is 0.0597. The predicted octanol–water partition coefficient (Wildman–Crippen LogP) is 2.73. The molecule has 0 aliphatic rings. The van der Waals surface area contributed by atoms with Crippen molar-refractivity contribution >= 4 is 22.8 Å². The molecule has 1 heterocycles. The first-order chi connectivity index (χ1) is 17.7. The monoisotopic (exact) mass is 503 g/mol. The molecular formula is C27H25N3O7. The number of aromatic amines is 1. The molecule has 10 nitrogen and oxygen atoms in total. The van der Waals surface area contributed by atoms with Crippen LogP contribution in [0.2, 0.25) is 0 Å². The summed E-state index contributed by atoms with van der Waals surface area (Å²) in [7, 11) is 2.77. The third kappa shape index (κ3) is 5.08. The molecule has 10 heteroatoms. The summed E-state index contributed by atoms with van der Waals surface area (Å²) in [6.45, 7) is 1.89. The highest BCUT2D eigenvalue weighted by Gasteiger charge is 2.19. The predicted molar refractivity (Wildman–Crippen MR) is 136 cm³/mol. The van der Waals surface area contributed by atoms with Crippen molar-refractivity contribution in [1.29, 1.82) is 0 Å². The molecule has 3 aromatic carbocycles. The zero-order valence-electron chi connectivity index (χ0n) is 20.4.